The van der Waals surface area contributed by atoms with Gasteiger partial charge in [-0.2, -0.15) is 5.10 Å². The lowest BCUT2D eigenvalue weighted by molar-refractivity contribution is 0.444. The largest absolute Gasteiger partial charge is 0.331 e. The van der Waals surface area contributed by atoms with Gasteiger partial charge in [0, 0.05) is 11.9 Å². The van der Waals surface area contributed by atoms with Gasteiger partial charge in [-0.1, -0.05) is 37.0 Å². The van der Waals surface area contributed by atoms with Crippen LogP contribution < -0.4 is 10.7 Å². The third-order valence-electron chi connectivity index (χ3n) is 3.73. The van der Waals surface area contributed by atoms with Crippen molar-refractivity contribution in [2.24, 2.45) is 11.0 Å². The fourth-order valence-electron chi connectivity index (χ4n) is 2.59. The summed E-state index contributed by atoms with van der Waals surface area (Å²) in [5.74, 6) is 0.611. The van der Waals surface area contributed by atoms with Gasteiger partial charge in [-0.3, -0.25) is 5.43 Å². The van der Waals surface area contributed by atoms with Gasteiger partial charge in [-0.05, 0) is 56.5 Å². The van der Waals surface area contributed by atoms with Gasteiger partial charge in [0.15, 0.2) is 5.11 Å². The quantitative estimate of drug-likeness (QED) is 0.498. The fraction of sp³-hybridized carbons (Fsp3) is 0.500. The van der Waals surface area contributed by atoms with Crippen LogP contribution in [0.5, 0.6) is 0 Å². The molecule has 108 valence electrons. The Balaban J connectivity index is 1.81. The Morgan fingerprint density at radius 1 is 1.25 bits per heavy atom. The molecule has 2 rings (SSSR count). The molecule has 1 aliphatic rings. The van der Waals surface area contributed by atoms with E-state index in [1.807, 2.05) is 12.3 Å². The van der Waals surface area contributed by atoms with E-state index in [0.29, 0.717) is 11.0 Å². The first-order valence-corrected chi connectivity index (χ1v) is 7.73. The molecule has 0 aromatic heterocycles. The molecular weight excluding hydrogens is 266 g/mol. The van der Waals surface area contributed by atoms with Gasteiger partial charge in [0.25, 0.3) is 0 Å². The van der Waals surface area contributed by atoms with E-state index >= 15 is 0 Å². The lowest BCUT2D eigenvalue weighted by atomic mass is 9.90. The van der Waals surface area contributed by atoms with Crippen molar-refractivity contribution in [2.75, 3.05) is 5.32 Å². The Morgan fingerprint density at radius 2 is 2.00 bits per heavy atom. The number of rotatable bonds is 3. The molecule has 0 saturated heterocycles. The Kier molecular flexibility index (Phi) is 5.53. The van der Waals surface area contributed by atoms with Gasteiger partial charge >= 0.3 is 0 Å². The van der Waals surface area contributed by atoms with Gasteiger partial charge in [-0.15, -0.1) is 0 Å². The SMILES string of the molecule is Cc1ccc(NC(=S)N/N=C/C2CCCCC2)c(C)c1. The first-order chi connectivity index (χ1) is 9.65. The topological polar surface area (TPSA) is 36.4 Å². The zero-order chi connectivity index (χ0) is 14.4. The van der Waals surface area contributed by atoms with E-state index < -0.39 is 0 Å². The Bertz CT molecular complexity index is 490. The zero-order valence-corrected chi connectivity index (χ0v) is 13.1. The van der Waals surface area contributed by atoms with Crippen molar-refractivity contribution in [3.8, 4) is 0 Å². The van der Waals surface area contributed by atoms with Crippen LogP contribution in [-0.4, -0.2) is 11.3 Å². The summed E-state index contributed by atoms with van der Waals surface area (Å²) in [6.07, 6.45) is 8.52. The number of benzene rings is 1. The number of nitrogens with one attached hydrogen (secondary N) is 2. The van der Waals surface area contributed by atoms with E-state index in [1.54, 1.807) is 0 Å². The summed E-state index contributed by atoms with van der Waals surface area (Å²) in [4.78, 5) is 0. The number of anilines is 1. The summed E-state index contributed by atoms with van der Waals surface area (Å²) in [6, 6.07) is 6.25. The Hall–Kier alpha value is -1.42. The van der Waals surface area contributed by atoms with Gasteiger partial charge in [0.05, 0.1) is 0 Å². The van der Waals surface area contributed by atoms with Crippen molar-refractivity contribution >= 4 is 29.2 Å². The maximum Gasteiger partial charge on any atom is 0.191 e. The summed E-state index contributed by atoms with van der Waals surface area (Å²) in [6.45, 7) is 4.16. The number of hydrogen-bond donors (Lipinski definition) is 2. The molecule has 20 heavy (non-hydrogen) atoms. The number of hydrogen-bond acceptors (Lipinski definition) is 2. The zero-order valence-electron chi connectivity index (χ0n) is 12.3. The van der Waals surface area contributed by atoms with Crippen LogP contribution in [0, 0.1) is 19.8 Å². The number of aryl methyl sites for hydroxylation is 2. The average Bonchev–Trinajstić information content (AvgIpc) is 2.43. The van der Waals surface area contributed by atoms with Gasteiger partial charge in [-0.25, -0.2) is 0 Å². The number of hydrazone groups is 1. The van der Waals surface area contributed by atoms with Crippen LogP contribution in [0.25, 0.3) is 0 Å². The molecule has 3 nitrogen and oxygen atoms in total. The molecule has 1 aliphatic carbocycles. The minimum absolute atomic E-state index is 0.545. The first kappa shape index (κ1) is 15.0. The molecule has 1 aromatic rings. The van der Waals surface area contributed by atoms with Crippen LogP contribution in [0.15, 0.2) is 23.3 Å². The van der Waals surface area contributed by atoms with Crippen LogP contribution in [0.3, 0.4) is 0 Å². The lowest BCUT2D eigenvalue weighted by Crippen LogP contribution is -2.25. The maximum atomic E-state index is 5.26. The third-order valence-corrected chi connectivity index (χ3v) is 3.92. The fourth-order valence-corrected chi connectivity index (χ4v) is 2.75. The highest BCUT2D eigenvalue weighted by Crippen LogP contribution is 2.21. The Labute approximate surface area is 126 Å². The maximum absolute atomic E-state index is 5.26. The highest BCUT2D eigenvalue weighted by molar-refractivity contribution is 7.80. The predicted octanol–water partition coefficient (Wildman–Crippen LogP) is 4.16. The molecule has 0 amide bonds. The second-order valence-corrected chi connectivity index (χ2v) is 5.97. The van der Waals surface area contributed by atoms with Crippen molar-refractivity contribution in [3.63, 3.8) is 0 Å². The number of thiocarbonyl (C=S) groups is 1. The van der Waals surface area contributed by atoms with Crippen LogP contribution in [0.1, 0.15) is 43.2 Å². The molecule has 2 N–H and O–H groups in total. The standard InChI is InChI=1S/C16H23N3S/c1-12-8-9-15(13(2)10-12)18-16(20)19-17-11-14-6-4-3-5-7-14/h8-11,14H,3-7H2,1-2H3,(H2,18,19,20)/b17-11+. The summed E-state index contributed by atoms with van der Waals surface area (Å²) in [5.41, 5.74) is 6.38. The van der Waals surface area contributed by atoms with Crippen molar-refractivity contribution in [1.82, 2.24) is 5.43 Å². The smallest absolute Gasteiger partial charge is 0.191 e. The van der Waals surface area contributed by atoms with Gasteiger partial charge in [0.1, 0.15) is 0 Å². The highest BCUT2D eigenvalue weighted by atomic mass is 32.1. The van der Waals surface area contributed by atoms with E-state index in [9.17, 15) is 0 Å². The first-order valence-electron chi connectivity index (χ1n) is 7.32. The molecule has 0 radical (unpaired) electrons. The molecule has 0 aliphatic heterocycles. The second-order valence-electron chi connectivity index (χ2n) is 5.56. The molecule has 1 fully saturated rings. The van der Waals surface area contributed by atoms with Crippen molar-refractivity contribution < 1.29 is 0 Å². The minimum atomic E-state index is 0.545. The van der Waals surface area contributed by atoms with E-state index in [0.717, 1.165) is 5.69 Å². The van der Waals surface area contributed by atoms with Gasteiger partial charge < -0.3 is 5.32 Å². The molecule has 0 bridgehead atoms. The Morgan fingerprint density at radius 3 is 2.70 bits per heavy atom. The lowest BCUT2D eigenvalue weighted by Gasteiger charge is -2.17. The molecule has 0 heterocycles. The average molecular weight is 289 g/mol. The minimum Gasteiger partial charge on any atom is -0.331 e. The molecule has 0 spiro atoms. The molecule has 1 saturated carbocycles. The number of nitrogens with zero attached hydrogens (tertiary/aromatic N) is 1. The van der Waals surface area contributed by atoms with Crippen molar-refractivity contribution in [2.45, 2.75) is 46.0 Å². The van der Waals surface area contributed by atoms with Crippen molar-refractivity contribution in [3.05, 3.63) is 29.3 Å². The normalized spacial score (nSPS) is 16.3. The third kappa shape index (κ3) is 4.60. The molecule has 0 atom stereocenters. The summed E-state index contributed by atoms with van der Waals surface area (Å²) in [7, 11) is 0. The van der Waals surface area contributed by atoms with E-state index in [4.69, 9.17) is 12.2 Å². The summed E-state index contributed by atoms with van der Waals surface area (Å²) in [5, 5.41) is 7.99. The van der Waals surface area contributed by atoms with E-state index in [1.165, 1.54) is 43.2 Å². The van der Waals surface area contributed by atoms with E-state index in [-0.39, 0.29) is 0 Å². The molecule has 0 unspecified atom stereocenters. The molecule has 4 heteroatoms. The van der Waals surface area contributed by atoms with Crippen LogP contribution in [0.4, 0.5) is 5.69 Å². The monoisotopic (exact) mass is 289 g/mol. The summed E-state index contributed by atoms with van der Waals surface area (Å²) >= 11 is 5.26. The van der Waals surface area contributed by atoms with Crippen LogP contribution in [0.2, 0.25) is 0 Å². The van der Waals surface area contributed by atoms with E-state index in [2.05, 4.69) is 41.8 Å². The highest BCUT2D eigenvalue weighted by Gasteiger charge is 2.10. The predicted molar refractivity (Wildman–Crippen MR) is 90.3 cm³/mol. The molecule has 1 aromatic carbocycles. The van der Waals surface area contributed by atoms with Crippen molar-refractivity contribution in [1.29, 1.82) is 0 Å². The summed E-state index contributed by atoms with van der Waals surface area (Å²) < 4.78 is 0. The van der Waals surface area contributed by atoms with Gasteiger partial charge in [0.2, 0.25) is 0 Å². The molecular formula is C16H23N3S. The van der Waals surface area contributed by atoms with Crippen LogP contribution in [-0.2, 0) is 0 Å². The van der Waals surface area contributed by atoms with Crippen LogP contribution >= 0.6 is 12.2 Å². The second kappa shape index (κ2) is 7.39.